The number of carboxylic acids is 1. The quantitative estimate of drug-likeness (QED) is 0.341. The first-order valence-corrected chi connectivity index (χ1v) is 8.65. The van der Waals surface area contributed by atoms with Gasteiger partial charge < -0.3 is 20.0 Å². The van der Waals surface area contributed by atoms with Crippen LogP contribution in [0.4, 0.5) is 0 Å². The Bertz CT molecular complexity index is 732. The third kappa shape index (κ3) is 4.36. The predicted molar refractivity (Wildman–Crippen MR) is 97.2 cm³/mol. The van der Waals surface area contributed by atoms with E-state index in [1.807, 2.05) is 12.1 Å². The van der Waals surface area contributed by atoms with Crippen molar-refractivity contribution in [1.29, 1.82) is 0 Å². The van der Waals surface area contributed by atoms with Crippen LogP contribution >= 0.6 is 12.2 Å². The van der Waals surface area contributed by atoms with Gasteiger partial charge >= 0.3 is 0 Å². The zero-order valence-electron chi connectivity index (χ0n) is 13.9. The lowest BCUT2D eigenvalue weighted by Crippen LogP contribution is -2.42. The number of fused-ring (bicyclic) bond motifs is 2. The molecule has 0 amide bonds. The van der Waals surface area contributed by atoms with Crippen molar-refractivity contribution in [2.45, 2.75) is 25.8 Å². The first-order valence-electron chi connectivity index (χ1n) is 8.24. The molecule has 0 aromatic heterocycles. The highest BCUT2D eigenvalue weighted by Crippen LogP contribution is 2.38. The zero-order valence-corrected chi connectivity index (χ0v) is 14.7. The number of nitrogens with zero attached hydrogens (tertiary/aromatic N) is 1. The molecular formula is C18H20N3O3S-. The number of thiocarbonyl (C=S) groups is 1. The lowest BCUT2D eigenvalue weighted by Gasteiger charge is -2.21. The van der Waals surface area contributed by atoms with Crippen LogP contribution in [0.25, 0.3) is 0 Å². The molecule has 1 fully saturated rings. The zero-order chi connectivity index (χ0) is 17.8. The maximum atomic E-state index is 10.6. The normalized spacial score (nSPS) is 24.2. The lowest BCUT2D eigenvalue weighted by molar-refractivity contribution is -0.307. The number of hydrogen-bond acceptors (Lipinski definition) is 5. The molecule has 3 atom stereocenters. The molecule has 6 nitrogen and oxygen atoms in total. The third-order valence-corrected chi connectivity index (χ3v) is 4.75. The van der Waals surface area contributed by atoms with Crippen LogP contribution in [-0.4, -0.2) is 29.4 Å². The molecule has 2 bridgehead atoms. The highest BCUT2D eigenvalue weighted by molar-refractivity contribution is 7.80. The van der Waals surface area contributed by atoms with Crippen molar-refractivity contribution in [3.05, 3.63) is 42.0 Å². The highest BCUT2D eigenvalue weighted by atomic mass is 32.1. The number of carbonyl (C=O) groups excluding carboxylic acids is 1. The summed E-state index contributed by atoms with van der Waals surface area (Å²) in [5.74, 6) is 0.386. The van der Waals surface area contributed by atoms with E-state index in [0.717, 1.165) is 6.42 Å². The molecule has 25 heavy (non-hydrogen) atoms. The molecule has 1 aromatic rings. The standard InChI is InChI=1S/C18H21N3O3S/c1-11(14-4-2-3-5-16(14)24-10-17(22)23)20-21-18(25)19-15-9-12-6-7-13(15)8-12/h2-7,12-13,15H,8-10H2,1H3,(H,22,23)(H2,19,21,25)/p-1/t12-,13-,15+/m0/s1. The average Bonchev–Trinajstić information content (AvgIpc) is 3.21. The predicted octanol–water partition coefficient (Wildman–Crippen LogP) is 0.968. The van der Waals surface area contributed by atoms with E-state index >= 15 is 0 Å². The summed E-state index contributed by atoms with van der Waals surface area (Å²) in [6.45, 7) is 1.30. The van der Waals surface area contributed by atoms with E-state index < -0.39 is 12.6 Å². The van der Waals surface area contributed by atoms with Gasteiger partial charge in [0.25, 0.3) is 0 Å². The van der Waals surface area contributed by atoms with Crippen molar-refractivity contribution in [2.75, 3.05) is 6.61 Å². The summed E-state index contributed by atoms with van der Waals surface area (Å²) < 4.78 is 5.24. The Morgan fingerprint density at radius 2 is 2.16 bits per heavy atom. The molecule has 0 spiro atoms. The van der Waals surface area contributed by atoms with E-state index in [0.29, 0.717) is 40.0 Å². The molecule has 2 aliphatic rings. The summed E-state index contributed by atoms with van der Waals surface area (Å²) in [5.41, 5.74) is 4.20. The largest absolute Gasteiger partial charge is 0.546 e. The van der Waals surface area contributed by atoms with Gasteiger partial charge in [-0.15, -0.1) is 0 Å². The third-order valence-electron chi connectivity index (χ3n) is 4.54. The molecule has 7 heteroatoms. The van der Waals surface area contributed by atoms with Gasteiger partial charge in [0.15, 0.2) is 5.11 Å². The van der Waals surface area contributed by atoms with E-state index in [9.17, 15) is 9.90 Å². The van der Waals surface area contributed by atoms with E-state index in [-0.39, 0.29) is 0 Å². The number of allylic oxidation sites excluding steroid dienone is 1. The lowest BCUT2D eigenvalue weighted by atomic mass is 10.0. The van der Waals surface area contributed by atoms with Gasteiger partial charge in [-0.2, -0.15) is 5.10 Å². The summed E-state index contributed by atoms with van der Waals surface area (Å²) >= 11 is 5.32. The number of ether oxygens (including phenoxy) is 1. The molecule has 2 aliphatic carbocycles. The molecule has 1 aromatic carbocycles. The van der Waals surface area contributed by atoms with Crippen molar-refractivity contribution >= 4 is 29.0 Å². The summed E-state index contributed by atoms with van der Waals surface area (Å²) in [5, 5.41) is 18.7. The fraction of sp³-hybridized carbons (Fsp3) is 0.389. The van der Waals surface area contributed by atoms with Crippen LogP contribution in [0.2, 0.25) is 0 Å². The second-order valence-corrected chi connectivity index (χ2v) is 6.73. The monoisotopic (exact) mass is 358 g/mol. The van der Waals surface area contributed by atoms with Crippen molar-refractivity contribution in [3.63, 3.8) is 0 Å². The maximum Gasteiger partial charge on any atom is 0.187 e. The SMILES string of the molecule is CC(=NNC(=S)N[C@@H]1C[C@H]2C=C[C@H]1C2)c1ccccc1OCC(=O)[O-]. The topological polar surface area (TPSA) is 85.8 Å². The first kappa shape index (κ1) is 17.4. The van der Waals surface area contributed by atoms with E-state index in [4.69, 9.17) is 17.0 Å². The number of carboxylic acid groups (broad SMARTS) is 1. The Morgan fingerprint density at radius 1 is 1.36 bits per heavy atom. The van der Waals surface area contributed by atoms with E-state index in [1.165, 1.54) is 6.42 Å². The van der Waals surface area contributed by atoms with Crippen molar-refractivity contribution < 1.29 is 14.6 Å². The Balaban J connectivity index is 1.58. The first-order chi connectivity index (χ1) is 12.0. The van der Waals surface area contributed by atoms with Crippen molar-refractivity contribution in [2.24, 2.45) is 16.9 Å². The maximum absolute atomic E-state index is 10.6. The van der Waals surface area contributed by atoms with Crippen LogP contribution < -0.4 is 20.6 Å². The number of hydrogen-bond donors (Lipinski definition) is 2. The average molecular weight is 358 g/mol. The van der Waals surface area contributed by atoms with Gasteiger partial charge in [-0.05, 0) is 56.0 Å². The highest BCUT2D eigenvalue weighted by Gasteiger charge is 2.35. The van der Waals surface area contributed by atoms with Gasteiger partial charge in [-0.1, -0.05) is 24.3 Å². The molecular weight excluding hydrogens is 338 g/mol. The molecule has 0 unspecified atom stereocenters. The number of rotatable bonds is 6. The van der Waals surface area contributed by atoms with Crippen molar-refractivity contribution in [3.8, 4) is 5.75 Å². The molecule has 0 radical (unpaired) electrons. The molecule has 1 saturated carbocycles. The minimum Gasteiger partial charge on any atom is -0.546 e. The number of nitrogens with one attached hydrogen (secondary N) is 2. The van der Waals surface area contributed by atoms with Gasteiger partial charge in [0, 0.05) is 11.6 Å². The molecule has 3 rings (SSSR count). The van der Waals surface area contributed by atoms with Gasteiger partial charge in [0.2, 0.25) is 0 Å². The van der Waals surface area contributed by atoms with Gasteiger partial charge in [-0.3, -0.25) is 5.43 Å². The molecule has 0 heterocycles. The van der Waals surface area contributed by atoms with Crippen molar-refractivity contribution in [1.82, 2.24) is 10.7 Å². The second kappa shape index (κ2) is 7.65. The Morgan fingerprint density at radius 3 is 2.84 bits per heavy atom. The fourth-order valence-corrected chi connectivity index (χ4v) is 3.57. The minimum absolute atomic E-state index is 0.365. The summed E-state index contributed by atoms with van der Waals surface area (Å²) in [6.07, 6.45) is 6.84. The van der Waals surface area contributed by atoms with Crippen LogP contribution in [0.15, 0.2) is 41.5 Å². The van der Waals surface area contributed by atoms with Crippen LogP contribution in [-0.2, 0) is 4.79 Å². The van der Waals surface area contributed by atoms with Crippen LogP contribution in [0, 0.1) is 11.8 Å². The Hall–Kier alpha value is -2.41. The second-order valence-electron chi connectivity index (χ2n) is 6.33. The number of carbonyl (C=O) groups is 1. The molecule has 2 N–H and O–H groups in total. The van der Waals surface area contributed by atoms with Gasteiger partial charge in [-0.25, -0.2) is 0 Å². The molecule has 132 valence electrons. The molecule has 0 saturated heterocycles. The Kier molecular flexibility index (Phi) is 5.33. The van der Waals surface area contributed by atoms with Gasteiger partial charge in [0.05, 0.1) is 11.7 Å². The molecule has 0 aliphatic heterocycles. The number of hydrazone groups is 1. The fourth-order valence-electron chi connectivity index (χ4n) is 3.37. The van der Waals surface area contributed by atoms with E-state index in [1.54, 1.807) is 19.1 Å². The smallest absolute Gasteiger partial charge is 0.187 e. The van der Waals surface area contributed by atoms with Crippen LogP contribution in [0.1, 0.15) is 25.3 Å². The van der Waals surface area contributed by atoms with Gasteiger partial charge in [0.1, 0.15) is 12.4 Å². The summed E-state index contributed by atoms with van der Waals surface area (Å²) in [4.78, 5) is 10.6. The van der Waals surface area contributed by atoms with Crippen LogP contribution in [0.5, 0.6) is 5.75 Å². The summed E-state index contributed by atoms with van der Waals surface area (Å²) in [7, 11) is 0. The van der Waals surface area contributed by atoms with Crippen LogP contribution in [0.3, 0.4) is 0 Å². The Labute approximate surface area is 152 Å². The number of para-hydroxylation sites is 1. The number of aliphatic carboxylic acids is 1. The van der Waals surface area contributed by atoms with E-state index in [2.05, 4.69) is 28.0 Å². The summed E-state index contributed by atoms with van der Waals surface area (Å²) in [6, 6.07) is 7.46. The number of benzene rings is 1. The minimum atomic E-state index is -1.27.